The molecule has 0 spiro atoms. The first-order chi connectivity index (χ1) is 7.17. The number of hydrogen-bond donors (Lipinski definition) is 0. The Hall–Kier alpha value is -2.10. The van der Waals surface area contributed by atoms with Gasteiger partial charge in [0.2, 0.25) is 0 Å². The van der Waals surface area contributed by atoms with Crippen molar-refractivity contribution in [2.24, 2.45) is 0 Å². The zero-order valence-corrected chi connectivity index (χ0v) is 8.23. The number of carbonyl (C=O) groups excluding carboxylic acids is 2. The van der Waals surface area contributed by atoms with Crippen LogP contribution in [0.1, 0.15) is 10.4 Å². The van der Waals surface area contributed by atoms with Gasteiger partial charge in [0, 0.05) is 6.08 Å². The molecule has 0 radical (unpaired) electrons. The van der Waals surface area contributed by atoms with Gasteiger partial charge in [0.15, 0.2) is 0 Å². The lowest BCUT2D eigenvalue weighted by Gasteiger charge is -2.01. The molecule has 0 saturated carbocycles. The fraction of sp³-hybridized carbons (Fsp3) is 0.0909. The highest BCUT2D eigenvalue weighted by Gasteiger charge is 2.09. The van der Waals surface area contributed by atoms with Crippen LogP contribution < -0.4 is 4.74 Å². The minimum atomic E-state index is -0.768. The number of methoxy groups -OCH3 is 1. The SMILES string of the molecule is C=CC(=O)OC(=O)c1ccc(OC)cc1. The van der Waals surface area contributed by atoms with Crippen LogP contribution in [0.25, 0.3) is 0 Å². The molecule has 4 heteroatoms. The van der Waals surface area contributed by atoms with Crippen LogP contribution in [0.4, 0.5) is 0 Å². The van der Waals surface area contributed by atoms with E-state index in [9.17, 15) is 9.59 Å². The quantitative estimate of drug-likeness (QED) is 0.428. The number of hydrogen-bond acceptors (Lipinski definition) is 4. The molecule has 0 saturated heterocycles. The zero-order chi connectivity index (χ0) is 11.3. The Kier molecular flexibility index (Phi) is 3.62. The summed E-state index contributed by atoms with van der Waals surface area (Å²) < 4.78 is 9.34. The van der Waals surface area contributed by atoms with Gasteiger partial charge < -0.3 is 9.47 Å². The van der Waals surface area contributed by atoms with Gasteiger partial charge in [0.25, 0.3) is 0 Å². The average molecular weight is 206 g/mol. The first-order valence-corrected chi connectivity index (χ1v) is 4.20. The van der Waals surface area contributed by atoms with E-state index in [1.807, 2.05) is 0 Å². The summed E-state index contributed by atoms with van der Waals surface area (Å²) >= 11 is 0. The molecule has 1 aromatic carbocycles. The summed E-state index contributed by atoms with van der Waals surface area (Å²) in [5, 5.41) is 0. The van der Waals surface area contributed by atoms with Crippen molar-refractivity contribution in [3.63, 3.8) is 0 Å². The molecule has 4 nitrogen and oxygen atoms in total. The third-order valence-corrected chi connectivity index (χ3v) is 1.69. The van der Waals surface area contributed by atoms with Crippen LogP contribution in [0.3, 0.4) is 0 Å². The maximum absolute atomic E-state index is 11.3. The highest BCUT2D eigenvalue weighted by Crippen LogP contribution is 2.12. The summed E-state index contributed by atoms with van der Waals surface area (Å²) in [7, 11) is 1.52. The molecule has 0 N–H and O–H groups in total. The van der Waals surface area contributed by atoms with Gasteiger partial charge >= 0.3 is 11.9 Å². The van der Waals surface area contributed by atoms with Gasteiger partial charge in [-0.05, 0) is 24.3 Å². The topological polar surface area (TPSA) is 52.6 Å². The lowest BCUT2D eigenvalue weighted by molar-refractivity contribution is -0.132. The van der Waals surface area contributed by atoms with Crippen LogP contribution in [0.5, 0.6) is 5.75 Å². The van der Waals surface area contributed by atoms with E-state index >= 15 is 0 Å². The zero-order valence-electron chi connectivity index (χ0n) is 8.23. The lowest BCUT2D eigenvalue weighted by atomic mass is 10.2. The second-order valence-electron chi connectivity index (χ2n) is 2.64. The molecule has 78 valence electrons. The van der Waals surface area contributed by atoms with Gasteiger partial charge in [-0.3, -0.25) is 0 Å². The summed E-state index contributed by atoms with van der Waals surface area (Å²) in [4.78, 5) is 22.0. The second kappa shape index (κ2) is 4.95. The Bertz CT molecular complexity index is 378. The Morgan fingerprint density at radius 2 is 1.87 bits per heavy atom. The predicted octanol–water partition coefficient (Wildman–Crippen LogP) is 1.56. The van der Waals surface area contributed by atoms with Crippen LogP contribution in [-0.4, -0.2) is 19.0 Å². The van der Waals surface area contributed by atoms with Crippen molar-refractivity contribution >= 4 is 11.9 Å². The number of rotatable bonds is 3. The molecular weight excluding hydrogens is 196 g/mol. The molecule has 0 bridgehead atoms. The van der Waals surface area contributed by atoms with Crippen molar-refractivity contribution < 1.29 is 19.1 Å². The van der Waals surface area contributed by atoms with Gasteiger partial charge in [-0.15, -0.1) is 0 Å². The summed E-state index contributed by atoms with van der Waals surface area (Å²) in [6.45, 7) is 3.19. The highest BCUT2D eigenvalue weighted by atomic mass is 16.6. The lowest BCUT2D eigenvalue weighted by Crippen LogP contribution is -2.09. The van der Waals surface area contributed by atoms with Gasteiger partial charge in [0.05, 0.1) is 12.7 Å². The van der Waals surface area contributed by atoms with Crippen molar-refractivity contribution in [2.45, 2.75) is 0 Å². The van der Waals surface area contributed by atoms with E-state index in [4.69, 9.17) is 4.74 Å². The van der Waals surface area contributed by atoms with Crippen LogP contribution >= 0.6 is 0 Å². The molecule has 1 aromatic rings. The molecule has 1 rings (SSSR count). The Morgan fingerprint density at radius 3 is 2.33 bits per heavy atom. The van der Waals surface area contributed by atoms with Crippen LogP contribution in [0.15, 0.2) is 36.9 Å². The van der Waals surface area contributed by atoms with E-state index in [1.165, 1.54) is 19.2 Å². The Balaban J connectivity index is 2.74. The monoisotopic (exact) mass is 206 g/mol. The third-order valence-electron chi connectivity index (χ3n) is 1.69. The molecule has 0 aliphatic carbocycles. The van der Waals surface area contributed by atoms with E-state index in [-0.39, 0.29) is 5.56 Å². The molecular formula is C11H10O4. The highest BCUT2D eigenvalue weighted by molar-refractivity contribution is 5.99. The largest absolute Gasteiger partial charge is 0.497 e. The first kappa shape index (κ1) is 11.0. The number of ether oxygens (including phenoxy) is 2. The van der Waals surface area contributed by atoms with Crippen molar-refractivity contribution in [3.05, 3.63) is 42.5 Å². The van der Waals surface area contributed by atoms with E-state index in [2.05, 4.69) is 11.3 Å². The Labute approximate surface area is 87.1 Å². The van der Waals surface area contributed by atoms with Crippen LogP contribution in [0, 0.1) is 0 Å². The Morgan fingerprint density at radius 1 is 1.27 bits per heavy atom. The standard InChI is InChI=1S/C11H10O4/c1-3-10(12)15-11(13)8-4-6-9(14-2)7-5-8/h3-7H,1H2,2H3. The smallest absolute Gasteiger partial charge is 0.346 e. The number of esters is 2. The molecule has 0 unspecified atom stereocenters. The number of benzene rings is 1. The third kappa shape index (κ3) is 2.95. The van der Waals surface area contributed by atoms with Crippen LogP contribution in [-0.2, 0) is 9.53 Å². The molecule has 0 heterocycles. The summed E-state index contributed by atoms with van der Waals surface area (Å²) in [5.74, 6) is -0.847. The van der Waals surface area contributed by atoms with Gasteiger partial charge in [0.1, 0.15) is 5.75 Å². The minimum Gasteiger partial charge on any atom is -0.497 e. The van der Waals surface area contributed by atoms with Crippen molar-refractivity contribution in [1.82, 2.24) is 0 Å². The molecule has 0 aromatic heterocycles. The fourth-order valence-corrected chi connectivity index (χ4v) is 0.919. The molecule has 0 aliphatic rings. The molecule has 0 atom stereocenters. The molecule has 0 aliphatic heterocycles. The van der Waals surface area contributed by atoms with Gasteiger partial charge in [-0.2, -0.15) is 0 Å². The van der Waals surface area contributed by atoms with Crippen molar-refractivity contribution in [2.75, 3.05) is 7.11 Å². The van der Waals surface area contributed by atoms with E-state index in [0.29, 0.717) is 5.75 Å². The second-order valence-corrected chi connectivity index (χ2v) is 2.64. The molecule has 0 fully saturated rings. The maximum Gasteiger partial charge on any atom is 0.346 e. The van der Waals surface area contributed by atoms with Gasteiger partial charge in [-0.25, -0.2) is 9.59 Å². The van der Waals surface area contributed by atoms with E-state index in [1.54, 1.807) is 12.1 Å². The summed E-state index contributed by atoms with van der Waals surface area (Å²) in [6.07, 6.45) is 0.932. The van der Waals surface area contributed by atoms with Crippen molar-refractivity contribution in [3.8, 4) is 5.75 Å². The van der Waals surface area contributed by atoms with Gasteiger partial charge in [-0.1, -0.05) is 6.58 Å². The molecule has 0 amide bonds. The maximum atomic E-state index is 11.3. The van der Waals surface area contributed by atoms with Crippen LogP contribution in [0.2, 0.25) is 0 Å². The predicted molar refractivity (Wildman–Crippen MR) is 53.6 cm³/mol. The summed E-state index contributed by atoms with van der Waals surface area (Å²) in [6, 6.07) is 6.24. The van der Waals surface area contributed by atoms with Crippen molar-refractivity contribution in [1.29, 1.82) is 0 Å². The van der Waals surface area contributed by atoms with E-state index in [0.717, 1.165) is 6.08 Å². The fourth-order valence-electron chi connectivity index (χ4n) is 0.919. The first-order valence-electron chi connectivity index (χ1n) is 4.20. The average Bonchev–Trinajstić information content (AvgIpc) is 2.29. The summed E-state index contributed by atoms with van der Waals surface area (Å²) in [5.41, 5.74) is 0.283. The minimum absolute atomic E-state index is 0.283. The number of carbonyl (C=O) groups is 2. The normalized spacial score (nSPS) is 9.13. The van der Waals surface area contributed by atoms with E-state index < -0.39 is 11.9 Å². The molecule has 15 heavy (non-hydrogen) atoms.